The number of benzene rings is 2. The van der Waals surface area contributed by atoms with E-state index in [9.17, 15) is 4.79 Å². The fourth-order valence-electron chi connectivity index (χ4n) is 2.12. The van der Waals surface area contributed by atoms with Gasteiger partial charge < -0.3 is 5.32 Å². The Hall–Kier alpha value is -1.80. The molecular weight excluding hydrogens is 270 g/mol. The average molecular weight is 288 g/mol. The van der Waals surface area contributed by atoms with E-state index in [1.165, 1.54) is 0 Å². The van der Waals surface area contributed by atoms with E-state index < -0.39 is 5.38 Å². The van der Waals surface area contributed by atoms with Crippen molar-refractivity contribution in [3.8, 4) is 0 Å². The van der Waals surface area contributed by atoms with E-state index in [0.29, 0.717) is 0 Å². The fourth-order valence-corrected chi connectivity index (χ4v) is 2.33. The predicted molar refractivity (Wildman–Crippen MR) is 82.7 cm³/mol. The third kappa shape index (κ3) is 3.61. The molecule has 0 aliphatic carbocycles. The van der Waals surface area contributed by atoms with Crippen molar-refractivity contribution in [3.05, 3.63) is 71.8 Å². The first-order valence-corrected chi connectivity index (χ1v) is 7.20. The van der Waals surface area contributed by atoms with Crippen molar-refractivity contribution >= 4 is 17.5 Å². The maximum atomic E-state index is 12.2. The molecule has 0 bridgehead atoms. The van der Waals surface area contributed by atoms with E-state index in [1.807, 2.05) is 67.6 Å². The molecular formula is C17H18ClNO. The number of halogens is 1. The number of alkyl halides is 1. The number of amides is 1. The van der Waals surface area contributed by atoms with Gasteiger partial charge in [0.25, 0.3) is 0 Å². The predicted octanol–water partition coefficient (Wildman–Crippen LogP) is 4.23. The molecule has 0 saturated heterocycles. The second-order valence-corrected chi connectivity index (χ2v) is 5.09. The Morgan fingerprint density at radius 3 is 2.00 bits per heavy atom. The van der Waals surface area contributed by atoms with Gasteiger partial charge in [0.15, 0.2) is 0 Å². The van der Waals surface area contributed by atoms with E-state index in [2.05, 4.69) is 5.32 Å². The molecule has 1 amide bonds. The van der Waals surface area contributed by atoms with Crippen LogP contribution in [0.5, 0.6) is 0 Å². The Labute approximate surface area is 124 Å². The molecule has 2 rings (SSSR count). The smallest absolute Gasteiger partial charge is 0.243 e. The highest BCUT2D eigenvalue weighted by Crippen LogP contribution is 2.23. The number of hydrogen-bond acceptors (Lipinski definition) is 1. The summed E-state index contributed by atoms with van der Waals surface area (Å²) in [6, 6.07) is 19.3. The fraction of sp³-hybridized carbons (Fsp3) is 0.235. The van der Waals surface area contributed by atoms with E-state index in [0.717, 1.165) is 17.5 Å². The van der Waals surface area contributed by atoms with Crippen LogP contribution in [0.4, 0.5) is 0 Å². The number of carbonyl (C=O) groups excluding carboxylic acids is 1. The van der Waals surface area contributed by atoms with Gasteiger partial charge in [-0.1, -0.05) is 67.6 Å². The zero-order valence-electron chi connectivity index (χ0n) is 11.4. The lowest BCUT2D eigenvalue weighted by molar-refractivity contribution is -0.121. The monoisotopic (exact) mass is 287 g/mol. The number of nitrogens with one attached hydrogen (secondary N) is 1. The SMILES string of the molecule is CCC(NC(=O)C(Cl)c1ccccc1)c1ccccc1. The molecule has 104 valence electrons. The normalized spacial score (nSPS) is 13.5. The Bertz CT molecular complexity index is 541. The lowest BCUT2D eigenvalue weighted by Gasteiger charge is -2.19. The van der Waals surface area contributed by atoms with Gasteiger partial charge in [-0.3, -0.25) is 4.79 Å². The molecule has 0 aliphatic heterocycles. The summed E-state index contributed by atoms with van der Waals surface area (Å²) in [7, 11) is 0. The number of rotatable bonds is 5. The molecule has 1 N–H and O–H groups in total. The minimum Gasteiger partial charge on any atom is -0.348 e. The second kappa shape index (κ2) is 7.11. The molecule has 0 aliphatic rings. The summed E-state index contributed by atoms with van der Waals surface area (Å²) in [5.41, 5.74) is 1.91. The van der Waals surface area contributed by atoms with Crippen LogP contribution in [0, 0.1) is 0 Å². The van der Waals surface area contributed by atoms with Crippen LogP contribution >= 0.6 is 11.6 Å². The molecule has 0 radical (unpaired) electrons. The molecule has 3 heteroatoms. The minimum atomic E-state index is -0.658. The summed E-state index contributed by atoms with van der Waals surface area (Å²) in [6.07, 6.45) is 0.828. The Morgan fingerprint density at radius 1 is 1.00 bits per heavy atom. The Kier molecular flexibility index (Phi) is 5.19. The molecule has 2 aromatic rings. The number of hydrogen-bond donors (Lipinski definition) is 1. The third-order valence-electron chi connectivity index (χ3n) is 3.25. The molecule has 2 unspecified atom stereocenters. The maximum absolute atomic E-state index is 12.2. The van der Waals surface area contributed by atoms with E-state index in [-0.39, 0.29) is 11.9 Å². The van der Waals surface area contributed by atoms with Crippen LogP contribution in [0.1, 0.15) is 35.9 Å². The highest BCUT2D eigenvalue weighted by molar-refractivity contribution is 6.30. The van der Waals surface area contributed by atoms with E-state index in [1.54, 1.807) is 0 Å². The summed E-state index contributed by atoms with van der Waals surface area (Å²) in [6.45, 7) is 2.05. The van der Waals surface area contributed by atoms with Gasteiger partial charge in [-0.05, 0) is 17.5 Å². The van der Waals surface area contributed by atoms with Crippen LogP contribution in [0.25, 0.3) is 0 Å². The zero-order valence-corrected chi connectivity index (χ0v) is 12.2. The molecule has 0 fully saturated rings. The quantitative estimate of drug-likeness (QED) is 0.819. The van der Waals surface area contributed by atoms with Crippen LogP contribution in [-0.4, -0.2) is 5.91 Å². The maximum Gasteiger partial charge on any atom is 0.243 e. The van der Waals surface area contributed by atoms with Crippen molar-refractivity contribution < 1.29 is 4.79 Å². The topological polar surface area (TPSA) is 29.1 Å². The van der Waals surface area contributed by atoms with Crippen LogP contribution in [0.3, 0.4) is 0 Å². The molecule has 0 aromatic heterocycles. The van der Waals surface area contributed by atoms with Crippen LogP contribution in [-0.2, 0) is 4.79 Å². The summed E-state index contributed by atoms with van der Waals surface area (Å²) in [4.78, 5) is 12.2. The van der Waals surface area contributed by atoms with Gasteiger partial charge >= 0.3 is 0 Å². The molecule has 2 aromatic carbocycles. The van der Waals surface area contributed by atoms with Gasteiger partial charge in [0.1, 0.15) is 5.38 Å². The molecule has 0 heterocycles. The minimum absolute atomic E-state index is 0.00587. The largest absolute Gasteiger partial charge is 0.348 e. The lowest BCUT2D eigenvalue weighted by atomic mass is 10.0. The molecule has 0 saturated carbocycles. The van der Waals surface area contributed by atoms with Gasteiger partial charge in [-0.25, -0.2) is 0 Å². The number of carbonyl (C=O) groups is 1. The van der Waals surface area contributed by atoms with Crippen molar-refractivity contribution in [2.45, 2.75) is 24.8 Å². The van der Waals surface area contributed by atoms with E-state index in [4.69, 9.17) is 11.6 Å². The van der Waals surface area contributed by atoms with Crippen molar-refractivity contribution in [3.63, 3.8) is 0 Å². The van der Waals surface area contributed by atoms with Crippen LogP contribution < -0.4 is 5.32 Å². The Balaban J connectivity index is 2.06. The summed E-state index contributed by atoms with van der Waals surface area (Å²) < 4.78 is 0. The van der Waals surface area contributed by atoms with Crippen molar-refractivity contribution in [1.29, 1.82) is 0 Å². The van der Waals surface area contributed by atoms with E-state index >= 15 is 0 Å². The highest BCUT2D eigenvalue weighted by Gasteiger charge is 2.20. The molecule has 0 spiro atoms. The molecule has 2 nitrogen and oxygen atoms in total. The molecule has 2 atom stereocenters. The van der Waals surface area contributed by atoms with Crippen molar-refractivity contribution in [2.24, 2.45) is 0 Å². The standard InChI is InChI=1S/C17H18ClNO/c1-2-15(13-9-5-3-6-10-13)19-17(20)16(18)14-11-7-4-8-12-14/h3-12,15-16H,2H2,1H3,(H,19,20). The van der Waals surface area contributed by atoms with Crippen LogP contribution in [0.15, 0.2) is 60.7 Å². The lowest BCUT2D eigenvalue weighted by Crippen LogP contribution is -2.30. The van der Waals surface area contributed by atoms with Gasteiger partial charge in [-0.2, -0.15) is 0 Å². The Morgan fingerprint density at radius 2 is 1.50 bits per heavy atom. The summed E-state index contributed by atoms with van der Waals surface area (Å²) in [5, 5.41) is 2.35. The van der Waals surface area contributed by atoms with Crippen molar-refractivity contribution in [1.82, 2.24) is 5.32 Å². The molecule has 20 heavy (non-hydrogen) atoms. The summed E-state index contributed by atoms with van der Waals surface area (Å²) >= 11 is 6.23. The van der Waals surface area contributed by atoms with Gasteiger partial charge in [-0.15, -0.1) is 11.6 Å². The highest BCUT2D eigenvalue weighted by atomic mass is 35.5. The second-order valence-electron chi connectivity index (χ2n) is 4.65. The first kappa shape index (κ1) is 14.6. The zero-order chi connectivity index (χ0) is 14.4. The average Bonchev–Trinajstić information content (AvgIpc) is 2.53. The van der Waals surface area contributed by atoms with Crippen LogP contribution in [0.2, 0.25) is 0 Å². The third-order valence-corrected chi connectivity index (χ3v) is 3.70. The van der Waals surface area contributed by atoms with Crippen molar-refractivity contribution in [2.75, 3.05) is 0 Å². The summed E-state index contributed by atoms with van der Waals surface area (Å²) in [5.74, 6) is -0.159. The van der Waals surface area contributed by atoms with Gasteiger partial charge in [0.2, 0.25) is 5.91 Å². The first-order chi connectivity index (χ1) is 9.72. The van der Waals surface area contributed by atoms with Gasteiger partial charge in [0.05, 0.1) is 6.04 Å². The first-order valence-electron chi connectivity index (χ1n) is 6.76. The van der Waals surface area contributed by atoms with Gasteiger partial charge in [0, 0.05) is 0 Å².